The number of ether oxygens (including phenoxy) is 1. The first-order valence-corrected chi connectivity index (χ1v) is 5.88. The van der Waals surface area contributed by atoms with Crippen LogP contribution in [0.5, 0.6) is 5.75 Å². The monoisotopic (exact) mass is 232 g/mol. The predicted molar refractivity (Wildman–Crippen MR) is 65.5 cm³/mol. The molecule has 0 aliphatic rings. The van der Waals surface area contributed by atoms with Crippen molar-refractivity contribution in [3.8, 4) is 5.75 Å². The molecule has 0 amide bonds. The first-order chi connectivity index (χ1) is 7.72. The van der Waals surface area contributed by atoms with Gasteiger partial charge in [-0.3, -0.25) is 4.79 Å². The minimum absolute atomic E-state index is 0.0156. The summed E-state index contributed by atoms with van der Waals surface area (Å²) in [6, 6.07) is 7.45. The number of carbonyl (C=O) groups excluding carboxylic acids is 1. The van der Waals surface area contributed by atoms with E-state index in [1.807, 2.05) is 41.9 Å². The lowest BCUT2D eigenvalue weighted by molar-refractivity contribution is 0.103. The Bertz CT molecular complexity index is 501. The summed E-state index contributed by atoms with van der Waals surface area (Å²) in [5, 5.41) is 3.75. The Balaban J connectivity index is 2.47. The van der Waals surface area contributed by atoms with Crippen molar-refractivity contribution in [2.45, 2.75) is 6.92 Å². The van der Waals surface area contributed by atoms with E-state index >= 15 is 0 Å². The number of rotatable bonds is 3. The highest BCUT2D eigenvalue weighted by Crippen LogP contribution is 2.23. The first-order valence-electron chi connectivity index (χ1n) is 4.94. The van der Waals surface area contributed by atoms with Crippen LogP contribution in [0.1, 0.15) is 21.5 Å². The van der Waals surface area contributed by atoms with Crippen molar-refractivity contribution in [1.82, 2.24) is 0 Å². The van der Waals surface area contributed by atoms with E-state index in [2.05, 4.69) is 0 Å². The molecule has 0 N–H and O–H groups in total. The number of benzene rings is 1. The fourth-order valence-corrected chi connectivity index (χ4v) is 2.18. The topological polar surface area (TPSA) is 26.3 Å². The number of methoxy groups -OCH3 is 1. The van der Waals surface area contributed by atoms with Gasteiger partial charge in [0.25, 0.3) is 0 Å². The van der Waals surface area contributed by atoms with Crippen LogP contribution in [0.15, 0.2) is 35.0 Å². The van der Waals surface area contributed by atoms with E-state index in [1.165, 1.54) is 11.3 Å². The van der Waals surface area contributed by atoms with Crippen LogP contribution in [0.3, 0.4) is 0 Å². The van der Waals surface area contributed by atoms with Crippen LogP contribution in [0.2, 0.25) is 0 Å². The first kappa shape index (κ1) is 10.9. The van der Waals surface area contributed by atoms with Crippen molar-refractivity contribution < 1.29 is 9.53 Å². The zero-order valence-corrected chi connectivity index (χ0v) is 10.0. The van der Waals surface area contributed by atoms with E-state index in [9.17, 15) is 4.79 Å². The maximum atomic E-state index is 12.2. The number of thiophene rings is 1. The van der Waals surface area contributed by atoms with Crippen LogP contribution in [0.25, 0.3) is 0 Å². The third-order valence-corrected chi connectivity index (χ3v) is 3.07. The maximum absolute atomic E-state index is 12.2. The Kier molecular flexibility index (Phi) is 3.06. The molecule has 0 radical (unpaired) electrons. The smallest absolute Gasteiger partial charge is 0.197 e. The van der Waals surface area contributed by atoms with Crippen molar-refractivity contribution in [3.63, 3.8) is 0 Å². The average molecular weight is 232 g/mol. The van der Waals surface area contributed by atoms with Gasteiger partial charge in [-0.2, -0.15) is 11.3 Å². The molecule has 0 atom stereocenters. The van der Waals surface area contributed by atoms with Gasteiger partial charge in [0.15, 0.2) is 5.78 Å². The minimum atomic E-state index is 0.0156. The summed E-state index contributed by atoms with van der Waals surface area (Å²) in [6.07, 6.45) is 0. The number of hydrogen-bond donors (Lipinski definition) is 0. The molecule has 1 heterocycles. The highest BCUT2D eigenvalue weighted by atomic mass is 32.1. The molecule has 82 valence electrons. The van der Waals surface area contributed by atoms with Crippen molar-refractivity contribution in [1.29, 1.82) is 0 Å². The third kappa shape index (κ3) is 1.99. The summed E-state index contributed by atoms with van der Waals surface area (Å²) >= 11 is 1.52. The van der Waals surface area contributed by atoms with Crippen LogP contribution >= 0.6 is 11.3 Å². The molecule has 0 saturated heterocycles. The lowest BCUT2D eigenvalue weighted by Crippen LogP contribution is -2.03. The van der Waals surface area contributed by atoms with Gasteiger partial charge >= 0.3 is 0 Å². The van der Waals surface area contributed by atoms with Crippen LogP contribution in [-0.2, 0) is 0 Å². The van der Waals surface area contributed by atoms with Gasteiger partial charge in [0.1, 0.15) is 5.75 Å². The summed E-state index contributed by atoms with van der Waals surface area (Å²) in [5.41, 5.74) is 2.40. The quantitative estimate of drug-likeness (QED) is 0.759. The lowest BCUT2D eigenvalue weighted by Gasteiger charge is -2.07. The van der Waals surface area contributed by atoms with Gasteiger partial charge in [0, 0.05) is 10.9 Å². The molecule has 0 saturated carbocycles. The van der Waals surface area contributed by atoms with Gasteiger partial charge < -0.3 is 4.74 Å². The number of carbonyl (C=O) groups is 1. The fraction of sp³-hybridized carbons (Fsp3) is 0.154. The Morgan fingerprint density at radius 1 is 1.31 bits per heavy atom. The SMILES string of the molecule is COc1ccc(C)cc1C(=O)c1ccsc1. The molecule has 2 aromatic rings. The van der Waals surface area contributed by atoms with E-state index in [1.54, 1.807) is 7.11 Å². The number of aryl methyl sites for hydroxylation is 1. The molecule has 2 rings (SSSR count). The van der Waals surface area contributed by atoms with Crippen LogP contribution in [0, 0.1) is 6.92 Å². The van der Waals surface area contributed by atoms with Crippen LogP contribution in [-0.4, -0.2) is 12.9 Å². The molecule has 16 heavy (non-hydrogen) atoms. The molecule has 0 spiro atoms. The second-order valence-corrected chi connectivity index (χ2v) is 4.32. The molecule has 0 unspecified atom stereocenters. The van der Waals surface area contributed by atoms with Gasteiger partial charge in [-0.25, -0.2) is 0 Å². The van der Waals surface area contributed by atoms with Gasteiger partial charge in [-0.1, -0.05) is 11.6 Å². The summed E-state index contributed by atoms with van der Waals surface area (Å²) < 4.78 is 5.20. The Labute approximate surface area is 98.5 Å². The van der Waals surface area contributed by atoms with Crippen LogP contribution < -0.4 is 4.74 Å². The molecule has 0 fully saturated rings. The van der Waals surface area contributed by atoms with E-state index in [0.717, 1.165) is 5.56 Å². The molecule has 3 heteroatoms. The zero-order chi connectivity index (χ0) is 11.5. The van der Waals surface area contributed by atoms with Crippen molar-refractivity contribution >= 4 is 17.1 Å². The minimum Gasteiger partial charge on any atom is -0.496 e. The van der Waals surface area contributed by atoms with E-state index in [0.29, 0.717) is 16.9 Å². The molecule has 0 aliphatic carbocycles. The van der Waals surface area contributed by atoms with E-state index in [-0.39, 0.29) is 5.78 Å². The van der Waals surface area contributed by atoms with Crippen molar-refractivity contribution in [2.24, 2.45) is 0 Å². The largest absolute Gasteiger partial charge is 0.496 e. The third-order valence-electron chi connectivity index (χ3n) is 2.38. The average Bonchev–Trinajstić information content (AvgIpc) is 2.81. The van der Waals surface area contributed by atoms with Crippen LogP contribution in [0.4, 0.5) is 0 Å². The molecular formula is C13H12O2S. The summed E-state index contributed by atoms with van der Waals surface area (Å²) in [7, 11) is 1.58. The van der Waals surface area contributed by atoms with Gasteiger partial charge in [-0.05, 0) is 30.5 Å². The van der Waals surface area contributed by atoms with Gasteiger partial charge in [0.05, 0.1) is 12.7 Å². The maximum Gasteiger partial charge on any atom is 0.197 e. The number of ketones is 1. The molecule has 1 aromatic heterocycles. The van der Waals surface area contributed by atoms with Gasteiger partial charge in [0.2, 0.25) is 0 Å². The predicted octanol–water partition coefficient (Wildman–Crippen LogP) is 3.30. The lowest BCUT2D eigenvalue weighted by atomic mass is 10.0. The second kappa shape index (κ2) is 4.49. The van der Waals surface area contributed by atoms with E-state index < -0.39 is 0 Å². The summed E-state index contributed by atoms with van der Waals surface area (Å²) in [4.78, 5) is 12.2. The van der Waals surface area contributed by atoms with Crippen molar-refractivity contribution in [3.05, 3.63) is 51.7 Å². The Morgan fingerprint density at radius 3 is 2.75 bits per heavy atom. The Hall–Kier alpha value is -1.61. The molecule has 0 bridgehead atoms. The normalized spacial score (nSPS) is 10.1. The number of hydrogen-bond acceptors (Lipinski definition) is 3. The van der Waals surface area contributed by atoms with Gasteiger partial charge in [-0.15, -0.1) is 0 Å². The second-order valence-electron chi connectivity index (χ2n) is 3.54. The van der Waals surface area contributed by atoms with Crippen molar-refractivity contribution in [2.75, 3.05) is 7.11 Å². The fourth-order valence-electron chi connectivity index (χ4n) is 1.55. The molecule has 1 aromatic carbocycles. The molecule has 0 aliphatic heterocycles. The summed E-state index contributed by atoms with van der Waals surface area (Å²) in [5.74, 6) is 0.642. The highest BCUT2D eigenvalue weighted by Gasteiger charge is 2.14. The van der Waals surface area contributed by atoms with E-state index in [4.69, 9.17) is 4.74 Å². The zero-order valence-electron chi connectivity index (χ0n) is 9.19. The highest BCUT2D eigenvalue weighted by molar-refractivity contribution is 7.08. The summed E-state index contributed by atoms with van der Waals surface area (Å²) in [6.45, 7) is 1.96. The Morgan fingerprint density at radius 2 is 2.12 bits per heavy atom. The molecule has 2 nitrogen and oxygen atoms in total. The standard InChI is InChI=1S/C13H12O2S/c1-9-3-4-12(15-2)11(7-9)13(14)10-5-6-16-8-10/h3-8H,1-2H3. The molecular weight excluding hydrogens is 220 g/mol.